The molecule has 0 aliphatic carbocycles. The standard InChI is InChI=1S/C13H13N5O2S/c1-6-10(14)11(18-17-6)12(19)16-13-15-8-4-3-7(20-2)5-9(8)21-13/h3-5H,14H2,1-2H3,(H,17,18)(H,15,16,19). The van der Waals surface area contributed by atoms with Gasteiger partial charge in [-0.15, -0.1) is 0 Å². The highest BCUT2D eigenvalue weighted by molar-refractivity contribution is 7.22. The number of anilines is 2. The highest BCUT2D eigenvalue weighted by Crippen LogP contribution is 2.29. The Morgan fingerprint density at radius 1 is 1.48 bits per heavy atom. The third-order valence-electron chi connectivity index (χ3n) is 3.03. The lowest BCUT2D eigenvalue weighted by Gasteiger charge is -1.98. The molecule has 0 fully saturated rings. The van der Waals surface area contributed by atoms with Gasteiger partial charge in [0.1, 0.15) is 5.75 Å². The molecule has 0 aliphatic rings. The number of fused-ring (bicyclic) bond motifs is 1. The van der Waals surface area contributed by atoms with E-state index in [1.165, 1.54) is 11.3 Å². The summed E-state index contributed by atoms with van der Waals surface area (Å²) in [5, 5.41) is 9.76. The van der Waals surface area contributed by atoms with Gasteiger partial charge in [0.05, 0.1) is 28.7 Å². The summed E-state index contributed by atoms with van der Waals surface area (Å²) in [6.07, 6.45) is 0. The third-order valence-corrected chi connectivity index (χ3v) is 3.96. The summed E-state index contributed by atoms with van der Waals surface area (Å²) in [6.45, 7) is 1.75. The number of ether oxygens (including phenoxy) is 1. The number of methoxy groups -OCH3 is 1. The van der Waals surface area contributed by atoms with Crippen LogP contribution in [0.5, 0.6) is 5.75 Å². The summed E-state index contributed by atoms with van der Waals surface area (Å²) in [5.41, 5.74) is 7.75. The van der Waals surface area contributed by atoms with Crippen LogP contribution in [0.2, 0.25) is 0 Å². The van der Waals surface area contributed by atoms with Crippen molar-refractivity contribution in [1.29, 1.82) is 0 Å². The van der Waals surface area contributed by atoms with Crippen molar-refractivity contribution in [2.75, 3.05) is 18.2 Å². The topological polar surface area (TPSA) is 106 Å². The molecule has 1 aromatic carbocycles. The first kappa shape index (κ1) is 13.4. The van der Waals surface area contributed by atoms with Gasteiger partial charge in [-0.05, 0) is 25.1 Å². The zero-order valence-electron chi connectivity index (χ0n) is 11.4. The van der Waals surface area contributed by atoms with Crippen molar-refractivity contribution in [2.24, 2.45) is 0 Å². The van der Waals surface area contributed by atoms with Crippen molar-refractivity contribution in [1.82, 2.24) is 15.2 Å². The molecule has 1 amide bonds. The molecule has 2 heterocycles. The van der Waals surface area contributed by atoms with Crippen molar-refractivity contribution in [3.05, 3.63) is 29.6 Å². The number of thiazole rings is 1. The van der Waals surface area contributed by atoms with Crippen LogP contribution in [-0.4, -0.2) is 28.2 Å². The summed E-state index contributed by atoms with van der Waals surface area (Å²) in [7, 11) is 1.60. The number of aromatic nitrogens is 3. The number of amides is 1. The molecule has 0 bridgehead atoms. The first-order chi connectivity index (χ1) is 10.1. The molecule has 0 spiro atoms. The minimum absolute atomic E-state index is 0.171. The van der Waals surface area contributed by atoms with Crippen molar-refractivity contribution in [2.45, 2.75) is 6.92 Å². The van der Waals surface area contributed by atoms with Crippen LogP contribution in [-0.2, 0) is 0 Å². The largest absolute Gasteiger partial charge is 0.497 e. The van der Waals surface area contributed by atoms with Crippen LogP contribution in [0.15, 0.2) is 18.2 Å². The number of hydrogen-bond donors (Lipinski definition) is 3. The predicted molar refractivity (Wildman–Crippen MR) is 81.9 cm³/mol. The van der Waals surface area contributed by atoms with Crippen LogP contribution in [0.3, 0.4) is 0 Å². The van der Waals surface area contributed by atoms with Gasteiger partial charge in [-0.1, -0.05) is 11.3 Å². The zero-order valence-corrected chi connectivity index (χ0v) is 12.2. The normalized spacial score (nSPS) is 10.8. The van der Waals surface area contributed by atoms with E-state index in [1.807, 2.05) is 18.2 Å². The molecule has 3 aromatic rings. The lowest BCUT2D eigenvalue weighted by atomic mass is 10.3. The molecule has 21 heavy (non-hydrogen) atoms. The average molecular weight is 303 g/mol. The van der Waals surface area contributed by atoms with Crippen molar-refractivity contribution >= 4 is 38.3 Å². The zero-order chi connectivity index (χ0) is 15.0. The number of rotatable bonds is 3. The second kappa shape index (κ2) is 5.06. The second-order valence-corrected chi connectivity index (χ2v) is 5.45. The van der Waals surface area contributed by atoms with E-state index in [9.17, 15) is 4.79 Å². The van der Waals surface area contributed by atoms with E-state index in [4.69, 9.17) is 10.5 Å². The first-order valence-electron chi connectivity index (χ1n) is 6.15. The highest BCUT2D eigenvalue weighted by Gasteiger charge is 2.17. The Bertz CT molecular complexity index is 823. The predicted octanol–water partition coefficient (Wildman–Crippen LogP) is 2.17. The molecular weight excluding hydrogens is 290 g/mol. The van der Waals surface area contributed by atoms with Gasteiger partial charge in [0.2, 0.25) is 0 Å². The van der Waals surface area contributed by atoms with Gasteiger partial charge in [0.15, 0.2) is 10.8 Å². The van der Waals surface area contributed by atoms with Crippen LogP contribution < -0.4 is 15.8 Å². The van der Waals surface area contributed by atoms with Crippen LogP contribution in [0, 0.1) is 6.92 Å². The Hall–Kier alpha value is -2.61. The van der Waals surface area contributed by atoms with Gasteiger partial charge >= 0.3 is 0 Å². The lowest BCUT2D eigenvalue weighted by molar-refractivity contribution is 0.102. The number of carbonyl (C=O) groups is 1. The molecule has 7 nitrogen and oxygen atoms in total. The number of nitrogens with zero attached hydrogens (tertiary/aromatic N) is 2. The number of hydrogen-bond acceptors (Lipinski definition) is 6. The van der Waals surface area contributed by atoms with E-state index in [1.54, 1.807) is 14.0 Å². The summed E-state index contributed by atoms with van der Waals surface area (Å²) in [5.74, 6) is 0.360. The Labute approximate surface area is 124 Å². The molecule has 2 aromatic heterocycles. The maximum Gasteiger partial charge on any atom is 0.280 e. The Morgan fingerprint density at radius 3 is 2.95 bits per heavy atom. The molecule has 0 saturated carbocycles. The minimum atomic E-state index is -0.386. The number of aryl methyl sites for hydroxylation is 1. The van der Waals surface area contributed by atoms with E-state index in [-0.39, 0.29) is 11.6 Å². The highest BCUT2D eigenvalue weighted by atomic mass is 32.1. The molecule has 8 heteroatoms. The molecule has 0 aliphatic heterocycles. The van der Waals surface area contributed by atoms with Gasteiger partial charge in [0.25, 0.3) is 5.91 Å². The molecular formula is C13H13N5O2S. The molecule has 0 radical (unpaired) electrons. The van der Waals surface area contributed by atoms with Crippen molar-refractivity contribution in [3.63, 3.8) is 0 Å². The number of benzene rings is 1. The Kier molecular flexibility index (Phi) is 3.22. The number of nitrogens with one attached hydrogen (secondary N) is 2. The summed E-state index contributed by atoms with van der Waals surface area (Å²) in [6, 6.07) is 5.53. The number of nitrogens with two attached hydrogens (primary N) is 1. The number of carbonyl (C=O) groups excluding carboxylic acids is 1. The average Bonchev–Trinajstić information content (AvgIpc) is 3.01. The molecule has 0 atom stereocenters. The maximum absolute atomic E-state index is 12.1. The fourth-order valence-electron chi connectivity index (χ4n) is 1.85. The summed E-state index contributed by atoms with van der Waals surface area (Å²) in [4.78, 5) is 16.5. The quantitative estimate of drug-likeness (QED) is 0.687. The second-order valence-electron chi connectivity index (χ2n) is 4.42. The fourth-order valence-corrected chi connectivity index (χ4v) is 2.74. The maximum atomic E-state index is 12.1. The smallest absolute Gasteiger partial charge is 0.280 e. The van der Waals surface area contributed by atoms with E-state index in [0.29, 0.717) is 16.5 Å². The van der Waals surface area contributed by atoms with Crippen molar-refractivity contribution in [3.8, 4) is 5.75 Å². The van der Waals surface area contributed by atoms with E-state index < -0.39 is 0 Å². The van der Waals surface area contributed by atoms with Crippen LogP contribution in [0.25, 0.3) is 10.2 Å². The Morgan fingerprint density at radius 2 is 2.29 bits per heavy atom. The van der Waals surface area contributed by atoms with Gasteiger partial charge in [-0.3, -0.25) is 15.2 Å². The van der Waals surface area contributed by atoms with Crippen molar-refractivity contribution < 1.29 is 9.53 Å². The summed E-state index contributed by atoms with van der Waals surface area (Å²) >= 11 is 1.36. The van der Waals surface area contributed by atoms with E-state index in [2.05, 4.69) is 20.5 Å². The first-order valence-corrected chi connectivity index (χ1v) is 6.96. The van der Waals surface area contributed by atoms with Crippen LogP contribution in [0.4, 0.5) is 10.8 Å². The number of nitrogen functional groups attached to an aromatic ring is 1. The van der Waals surface area contributed by atoms with E-state index >= 15 is 0 Å². The van der Waals surface area contributed by atoms with Gasteiger partial charge in [0, 0.05) is 0 Å². The van der Waals surface area contributed by atoms with Gasteiger partial charge in [-0.2, -0.15) is 5.10 Å². The molecule has 108 valence electrons. The third kappa shape index (κ3) is 2.40. The lowest BCUT2D eigenvalue weighted by Crippen LogP contribution is -2.14. The monoisotopic (exact) mass is 303 g/mol. The summed E-state index contributed by atoms with van der Waals surface area (Å²) < 4.78 is 6.09. The SMILES string of the molecule is COc1ccc2nc(NC(=O)c3n[nH]c(C)c3N)sc2c1. The number of H-pyrrole nitrogens is 1. The van der Waals surface area contributed by atoms with Crippen LogP contribution in [0.1, 0.15) is 16.2 Å². The fraction of sp³-hybridized carbons (Fsp3) is 0.154. The van der Waals surface area contributed by atoms with Crippen LogP contribution >= 0.6 is 11.3 Å². The molecule has 0 saturated heterocycles. The van der Waals surface area contributed by atoms with Gasteiger partial charge < -0.3 is 10.5 Å². The molecule has 0 unspecified atom stereocenters. The minimum Gasteiger partial charge on any atom is -0.497 e. The van der Waals surface area contributed by atoms with Gasteiger partial charge in [-0.25, -0.2) is 4.98 Å². The number of aromatic amines is 1. The molecule has 4 N–H and O–H groups in total. The van der Waals surface area contributed by atoms with E-state index in [0.717, 1.165) is 16.0 Å². The Balaban J connectivity index is 1.87. The molecule has 3 rings (SSSR count).